The van der Waals surface area contributed by atoms with Crippen molar-refractivity contribution in [3.63, 3.8) is 0 Å². The highest BCUT2D eigenvalue weighted by molar-refractivity contribution is 6.27. The Kier molecular flexibility index (Phi) is 4.95. The molecule has 146 valence electrons. The number of carbonyl (C=O) groups is 2. The zero-order valence-corrected chi connectivity index (χ0v) is 16.1. The van der Waals surface area contributed by atoms with Gasteiger partial charge in [-0.15, -0.1) is 0 Å². The lowest BCUT2D eigenvalue weighted by molar-refractivity contribution is -0.128. The van der Waals surface area contributed by atoms with Gasteiger partial charge in [-0.1, -0.05) is 18.2 Å². The van der Waals surface area contributed by atoms with Gasteiger partial charge in [0, 0.05) is 24.4 Å². The molecule has 0 saturated carbocycles. The summed E-state index contributed by atoms with van der Waals surface area (Å²) in [6.45, 7) is 1.71. The number of ketones is 1. The van der Waals surface area contributed by atoms with E-state index in [1.165, 1.54) is 5.01 Å². The number of H-pyrrole nitrogens is 1. The number of benzene rings is 2. The van der Waals surface area contributed by atoms with Gasteiger partial charge in [-0.05, 0) is 42.8 Å². The van der Waals surface area contributed by atoms with Crippen molar-refractivity contribution in [2.45, 2.75) is 13.3 Å². The number of amides is 1. The van der Waals surface area contributed by atoms with E-state index in [1.807, 2.05) is 24.3 Å². The summed E-state index contributed by atoms with van der Waals surface area (Å²) in [6.07, 6.45) is 3.57. The second kappa shape index (κ2) is 7.71. The number of hydrazone groups is 1. The normalized spacial score (nSPS) is 16.1. The number of imidazole rings is 1. The Bertz CT molecular complexity index is 1070. The first-order chi connectivity index (χ1) is 14.1. The maximum atomic E-state index is 12.9. The van der Waals surface area contributed by atoms with Crippen molar-refractivity contribution in [1.82, 2.24) is 9.97 Å². The number of carbonyl (C=O) groups excluding carboxylic acids is 2. The molecule has 2 heterocycles. The average molecular weight is 388 g/mol. The van der Waals surface area contributed by atoms with Gasteiger partial charge in [0.25, 0.3) is 5.91 Å². The van der Waals surface area contributed by atoms with E-state index in [2.05, 4.69) is 15.1 Å². The van der Waals surface area contributed by atoms with Gasteiger partial charge in [-0.3, -0.25) is 9.59 Å². The molecule has 0 saturated heterocycles. The first kappa shape index (κ1) is 18.6. The topological polar surface area (TPSA) is 87.7 Å². The molecule has 7 nitrogen and oxygen atoms in total. The molecule has 1 atom stereocenters. The number of aromatic amines is 1. The molecule has 4 rings (SSSR count). The van der Waals surface area contributed by atoms with Crippen molar-refractivity contribution < 1.29 is 14.3 Å². The van der Waals surface area contributed by atoms with Crippen LogP contribution in [0, 0.1) is 5.92 Å². The summed E-state index contributed by atoms with van der Waals surface area (Å²) in [5, 5.41) is 5.61. The third kappa shape index (κ3) is 3.67. The Hall–Kier alpha value is -3.74. The van der Waals surface area contributed by atoms with Gasteiger partial charge in [0.15, 0.2) is 5.78 Å². The Morgan fingerprint density at radius 1 is 1.21 bits per heavy atom. The van der Waals surface area contributed by atoms with E-state index in [-0.39, 0.29) is 18.1 Å². The fraction of sp³-hybridized carbons (Fsp3) is 0.182. The van der Waals surface area contributed by atoms with E-state index in [0.29, 0.717) is 17.1 Å². The van der Waals surface area contributed by atoms with Crippen LogP contribution in [-0.4, -0.2) is 34.5 Å². The number of hydrogen-bond donors (Lipinski definition) is 1. The van der Waals surface area contributed by atoms with E-state index >= 15 is 0 Å². The highest BCUT2D eigenvalue weighted by Crippen LogP contribution is 2.27. The summed E-state index contributed by atoms with van der Waals surface area (Å²) in [7, 11) is 1.58. The molecule has 0 radical (unpaired) electrons. The lowest BCUT2D eigenvalue weighted by atomic mass is 9.93. The summed E-state index contributed by atoms with van der Waals surface area (Å²) >= 11 is 0. The fourth-order valence-corrected chi connectivity index (χ4v) is 3.40. The minimum atomic E-state index is -0.871. The lowest BCUT2D eigenvalue weighted by Gasteiger charge is -2.14. The number of rotatable bonds is 6. The van der Waals surface area contributed by atoms with Crippen molar-refractivity contribution in [2.75, 3.05) is 12.1 Å². The molecule has 1 aliphatic heterocycles. The van der Waals surface area contributed by atoms with Gasteiger partial charge in [0.2, 0.25) is 0 Å². The summed E-state index contributed by atoms with van der Waals surface area (Å²) < 4.78 is 5.14. The van der Waals surface area contributed by atoms with Crippen LogP contribution >= 0.6 is 0 Å². The molecule has 1 unspecified atom stereocenters. The van der Waals surface area contributed by atoms with Crippen LogP contribution in [0.2, 0.25) is 0 Å². The number of nitrogens with zero attached hydrogens (tertiary/aromatic N) is 3. The maximum Gasteiger partial charge on any atom is 0.263 e. The molecule has 0 bridgehead atoms. The maximum absolute atomic E-state index is 12.9. The summed E-state index contributed by atoms with van der Waals surface area (Å²) in [6, 6.07) is 14.6. The molecule has 1 aliphatic rings. The van der Waals surface area contributed by atoms with Gasteiger partial charge in [0.05, 0.1) is 18.5 Å². The van der Waals surface area contributed by atoms with Crippen LogP contribution in [0.4, 0.5) is 5.69 Å². The zero-order valence-electron chi connectivity index (χ0n) is 16.1. The van der Waals surface area contributed by atoms with E-state index in [1.54, 1.807) is 50.7 Å². The van der Waals surface area contributed by atoms with Gasteiger partial charge >= 0.3 is 0 Å². The molecule has 1 N–H and O–H groups in total. The molecule has 2 aromatic carbocycles. The standard InChI is InChI=1S/C22H20N4O3/c1-14-20(22(28)26(25-14)17-6-8-18(29-2)9-7-17)19(27)13-15-4-3-5-16(12-15)21-23-10-11-24-21/h3-12,20H,13H2,1-2H3,(H,23,24). The number of anilines is 1. The Morgan fingerprint density at radius 2 is 2.00 bits per heavy atom. The minimum absolute atomic E-state index is 0.147. The molecule has 7 heteroatoms. The highest BCUT2D eigenvalue weighted by Gasteiger charge is 2.39. The van der Waals surface area contributed by atoms with Gasteiger partial charge < -0.3 is 9.72 Å². The third-order valence-corrected chi connectivity index (χ3v) is 4.85. The Morgan fingerprint density at radius 3 is 2.69 bits per heavy atom. The molecule has 1 aromatic heterocycles. The molecule has 0 spiro atoms. The van der Waals surface area contributed by atoms with Crippen LogP contribution in [0.1, 0.15) is 12.5 Å². The SMILES string of the molecule is COc1ccc(N2N=C(C)C(C(=O)Cc3cccc(-c4ncc[nH]4)c3)C2=O)cc1. The first-order valence-corrected chi connectivity index (χ1v) is 9.21. The Labute approximate surface area is 168 Å². The van der Waals surface area contributed by atoms with Gasteiger partial charge in [-0.25, -0.2) is 4.98 Å². The second-order valence-corrected chi connectivity index (χ2v) is 6.80. The van der Waals surface area contributed by atoms with Crippen molar-refractivity contribution >= 4 is 23.1 Å². The molecule has 3 aromatic rings. The summed E-state index contributed by atoms with van der Waals surface area (Å²) in [5.74, 6) is 0.0397. The predicted molar refractivity (Wildman–Crippen MR) is 110 cm³/mol. The first-order valence-electron chi connectivity index (χ1n) is 9.21. The number of aromatic nitrogens is 2. The zero-order chi connectivity index (χ0) is 20.4. The Balaban J connectivity index is 1.51. The molecule has 29 heavy (non-hydrogen) atoms. The van der Waals surface area contributed by atoms with E-state index in [4.69, 9.17) is 4.74 Å². The quantitative estimate of drug-likeness (QED) is 0.657. The number of nitrogens with one attached hydrogen (secondary N) is 1. The summed E-state index contributed by atoms with van der Waals surface area (Å²) in [4.78, 5) is 33.1. The molecule has 0 aliphatic carbocycles. The van der Waals surface area contributed by atoms with Crippen molar-refractivity contribution in [1.29, 1.82) is 0 Å². The molecular weight excluding hydrogens is 368 g/mol. The average Bonchev–Trinajstić information content (AvgIpc) is 3.36. The lowest BCUT2D eigenvalue weighted by Crippen LogP contribution is -2.33. The molecule has 0 fully saturated rings. The highest BCUT2D eigenvalue weighted by atomic mass is 16.5. The van der Waals surface area contributed by atoms with Crippen LogP contribution < -0.4 is 9.75 Å². The van der Waals surface area contributed by atoms with Gasteiger partial charge in [0.1, 0.15) is 17.5 Å². The number of methoxy groups -OCH3 is 1. The van der Waals surface area contributed by atoms with E-state index in [0.717, 1.165) is 17.0 Å². The van der Waals surface area contributed by atoms with Crippen molar-refractivity contribution in [2.24, 2.45) is 11.0 Å². The molecule has 1 amide bonds. The number of Topliss-reactive ketones (excluding diaryl/α,β-unsaturated/α-hetero) is 1. The van der Waals surface area contributed by atoms with Crippen molar-refractivity contribution in [3.8, 4) is 17.1 Å². The van der Waals surface area contributed by atoms with E-state index < -0.39 is 5.92 Å². The van der Waals surface area contributed by atoms with Crippen LogP contribution in [0.15, 0.2) is 66.0 Å². The van der Waals surface area contributed by atoms with E-state index in [9.17, 15) is 9.59 Å². The number of hydrogen-bond acceptors (Lipinski definition) is 5. The molecular formula is C22H20N4O3. The third-order valence-electron chi connectivity index (χ3n) is 4.85. The number of ether oxygens (including phenoxy) is 1. The smallest absolute Gasteiger partial charge is 0.263 e. The second-order valence-electron chi connectivity index (χ2n) is 6.80. The van der Waals surface area contributed by atoms with Gasteiger partial charge in [-0.2, -0.15) is 10.1 Å². The van der Waals surface area contributed by atoms with Crippen molar-refractivity contribution in [3.05, 3.63) is 66.5 Å². The van der Waals surface area contributed by atoms with Crippen LogP contribution in [0.3, 0.4) is 0 Å². The predicted octanol–water partition coefficient (Wildman–Crippen LogP) is 3.24. The summed E-state index contributed by atoms with van der Waals surface area (Å²) in [5.41, 5.74) is 2.82. The monoisotopic (exact) mass is 388 g/mol. The fourth-order valence-electron chi connectivity index (χ4n) is 3.40. The van der Waals surface area contributed by atoms with Crippen LogP contribution in [-0.2, 0) is 16.0 Å². The van der Waals surface area contributed by atoms with Crippen LogP contribution in [0.5, 0.6) is 5.75 Å². The van der Waals surface area contributed by atoms with Crippen LogP contribution in [0.25, 0.3) is 11.4 Å². The largest absolute Gasteiger partial charge is 0.497 e. The minimum Gasteiger partial charge on any atom is -0.497 e.